The summed E-state index contributed by atoms with van der Waals surface area (Å²) in [5.74, 6) is -1.19. The van der Waals surface area contributed by atoms with Gasteiger partial charge in [0.1, 0.15) is 11.9 Å². The third-order valence-corrected chi connectivity index (χ3v) is 3.78. The lowest BCUT2D eigenvalue weighted by molar-refractivity contribution is -0.161. The van der Waals surface area contributed by atoms with Crippen LogP contribution in [-0.2, 0) is 4.79 Å². The highest BCUT2D eigenvalue weighted by Gasteiger charge is 2.44. The van der Waals surface area contributed by atoms with Crippen molar-refractivity contribution in [1.82, 2.24) is 10.6 Å². The zero-order valence-electron chi connectivity index (χ0n) is 12.6. The molecule has 1 saturated carbocycles. The van der Waals surface area contributed by atoms with E-state index in [-0.39, 0.29) is 12.0 Å². The van der Waals surface area contributed by atoms with Crippen molar-refractivity contribution in [3.63, 3.8) is 0 Å². The monoisotopic (exact) mass is 333 g/mol. The van der Waals surface area contributed by atoms with Crippen LogP contribution in [0.2, 0.25) is 0 Å². The van der Waals surface area contributed by atoms with E-state index in [2.05, 4.69) is 10.6 Å². The molecule has 1 amide bonds. The number of alkyl halides is 3. The summed E-state index contributed by atoms with van der Waals surface area (Å²) in [4.78, 5) is 12.1. The summed E-state index contributed by atoms with van der Waals surface area (Å²) >= 11 is 0. The average molecular weight is 333 g/mol. The first-order chi connectivity index (χ1) is 10.6. The predicted molar refractivity (Wildman–Crippen MR) is 76.7 cm³/mol. The third-order valence-electron chi connectivity index (χ3n) is 3.78. The van der Waals surface area contributed by atoms with Crippen LogP contribution < -0.4 is 16.4 Å². The Kier molecular flexibility index (Phi) is 4.95. The minimum atomic E-state index is -4.62. The van der Waals surface area contributed by atoms with Crippen molar-refractivity contribution >= 4 is 5.91 Å². The smallest absolute Gasteiger partial charge is 0.337 e. The average Bonchev–Trinajstić information content (AvgIpc) is 3.17. The van der Waals surface area contributed by atoms with E-state index < -0.39 is 35.6 Å². The molecule has 0 aliphatic heterocycles. The van der Waals surface area contributed by atoms with Crippen molar-refractivity contribution in [2.24, 2.45) is 5.73 Å². The summed E-state index contributed by atoms with van der Waals surface area (Å²) in [6.07, 6.45) is -3.24. The minimum absolute atomic E-state index is 0.154. The first kappa shape index (κ1) is 17.7. The predicted octanol–water partition coefficient (Wildman–Crippen LogP) is 2.36. The molecule has 0 unspecified atom stereocenters. The standard InChI is InChI=1S/C15H19F4N3O/c1-2-11(13(23)22-14(20)7-8-14)21-12(15(17,18)19)9-3-5-10(16)6-4-9/h3-6,11-12,21H,2,7-8,20H2,1H3,(H,22,23)/t11-,12-/m0/s1. The van der Waals surface area contributed by atoms with E-state index in [4.69, 9.17) is 5.73 Å². The molecule has 2 rings (SSSR count). The highest BCUT2D eigenvalue weighted by atomic mass is 19.4. The number of nitrogens with two attached hydrogens (primary N) is 1. The molecule has 0 saturated heterocycles. The molecule has 128 valence electrons. The first-order valence-corrected chi connectivity index (χ1v) is 7.34. The fourth-order valence-corrected chi connectivity index (χ4v) is 2.21. The highest BCUT2D eigenvalue weighted by molar-refractivity contribution is 5.82. The van der Waals surface area contributed by atoms with E-state index in [1.165, 1.54) is 0 Å². The van der Waals surface area contributed by atoms with Crippen LogP contribution in [-0.4, -0.2) is 23.8 Å². The first-order valence-electron chi connectivity index (χ1n) is 7.34. The Bertz CT molecular complexity index is 555. The van der Waals surface area contributed by atoms with E-state index in [0.29, 0.717) is 12.8 Å². The second-order valence-corrected chi connectivity index (χ2v) is 5.80. The topological polar surface area (TPSA) is 67.2 Å². The number of carbonyl (C=O) groups is 1. The molecule has 1 aliphatic carbocycles. The van der Waals surface area contributed by atoms with Crippen molar-refractivity contribution in [3.05, 3.63) is 35.6 Å². The number of halogens is 4. The third kappa shape index (κ3) is 4.65. The van der Waals surface area contributed by atoms with Crippen molar-refractivity contribution < 1.29 is 22.4 Å². The van der Waals surface area contributed by atoms with Gasteiger partial charge < -0.3 is 11.1 Å². The molecule has 2 atom stereocenters. The zero-order chi connectivity index (χ0) is 17.3. The minimum Gasteiger partial charge on any atom is -0.337 e. The van der Waals surface area contributed by atoms with Crippen LogP contribution in [0.3, 0.4) is 0 Å². The van der Waals surface area contributed by atoms with E-state index in [1.54, 1.807) is 6.92 Å². The fourth-order valence-electron chi connectivity index (χ4n) is 2.21. The summed E-state index contributed by atoms with van der Waals surface area (Å²) in [5, 5.41) is 4.86. The molecule has 0 bridgehead atoms. The second kappa shape index (κ2) is 6.45. The van der Waals surface area contributed by atoms with Crippen molar-refractivity contribution in [2.75, 3.05) is 0 Å². The molecule has 1 aromatic carbocycles. The number of nitrogens with one attached hydrogen (secondary N) is 2. The van der Waals surface area contributed by atoms with Crippen LogP contribution >= 0.6 is 0 Å². The van der Waals surface area contributed by atoms with Crippen LogP contribution in [0.1, 0.15) is 37.8 Å². The second-order valence-electron chi connectivity index (χ2n) is 5.80. The lowest BCUT2D eigenvalue weighted by Crippen LogP contribution is -2.54. The summed E-state index contributed by atoms with van der Waals surface area (Å²) < 4.78 is 52.8. The van der Waals surface area contributed by atoms with Crippen LogP contribution in [0.4, 0.5) is 17.6 Å². The Balaban J connectivity index is 2.15. The summed E-state index contributed by atoms with van der Waals surface area (Å²) in [5.41, 5.74) is 4.81. The Hall–Kier alpha value is -1.67. The number of hydrogen-bond acceptors (Lipinski definition) is 3. The van der Waals surface area contributed by atoms with Crippen LogP contribution in [0, 0.1) is 5.82 Å². The zero-order valence-corrected chi connectivity index (χ0v) is 12.6. The van der Waals surface area contributed by atoms with Gasteiger partial charge in [0.25, 0.3) is 0 Å². The molecule has 0 aromatic heterocycles. The van der Waals surface area contributed by atoms with E-state index in [9.17, 15) is 22.4 Å². The summed E-state index contributed by atoms with van der Waals surface area (Å²) in [6.45, 7) is 1.60. The molecule has 8 heteroatoms. The normalized spacial score (nSPS) is 19.0. The Morgan fingerprint density at radius 1 is 1.30 bits per heavy atom. The van der Waals surface area contributed by atoms with Gasteiger partial charge in [-0.05, 0) is 37.0 Å². The molecule has 1 fully saturated rings. The maximum Gasteiger partial charge on any atom is 0.407 e. The lowest BCUT2D eigenvalue weighted by atomic mass is 10.0. The van der Waals surface area contributed by atoms with Gasteiger partial charge in [-0.1, -0.05) is 19.1 Å². The molecule has 0 radical (unpaired) electrons. The van der Waals surface area contributed by atoms with Crippen molar-refractivity contribution in [3.8, 4) is 0 Å². The largest absolute Gasteiger partial charge is 0.407 e. The number of hydrogen-bond donors (Lipinski definition) is 3. The molecule has 4 N–H and O–H groups in total. The van der Waals surface area contributed by atoms with Crippen molar-refractivity contribution in [2.45, 2.75) is 50.1 Å². The molecule has 4 nitrogen and oxygen atoms in total. The van der Waals surface area contributed by atoms with Gasteiger partial charge >= 0.3 is 6.18 Å². The maximum absolute atomic E-state index is 13.3. The van der Waals surface area contributed by atoms with Crippen LogP contribution in [0.25, 0.3) is 0 Å². The highest BCUT2D eigenvalue weighted by Crippen LogP contribution is 2.34. The number of amides is 1. The van der Waals surface area contributed by atoms with Gasteiger partial charge in [-0.15, -0.1) is 0 Å². The molecule has 0 heterocycles. The Morgan fingerprint density at radius 2 is 1.87 bits per heavy atom. The van der Waals surface area contributed by atoms with E-state index in [0.717, 1.165) is 24.3 Å². The van der Waals surface area contributed by atoms with Gasteiger partial charge in [-0.25, -0.2) is 4.39 Å². The molecule has 23 heavy (non-hydrogen) atoms. The maximum atomic E-state index is 13.3. The molecular formula is C15H19F4N3O. The van der Waals surface area contributed by atoms with Crippen LogP contribution in [0.5, 0.6) is 0 Å². The summed E-state index contributed by atoms with van der Waals surface area (Å²) in [7, 11) is 0. The van der Waals surface area contributed by atoms with Gasteiger partial charge in [0, 0.05) is 0 Å². The van der Waals surface area contributed by atoms with Gasteiger partial charge in [-0.3, -0.25) is 10.1 Å². The van der Waals surface area contributed by atoms with Gasteiger partial charge in [0.05, 0.1) is 11.7 Å². The number of benzene rings is 1. The molecule has 0 spiro atoms. The van der Waals surface area contributed by atoms with E-state index in [1.807, 2.05) is 0 Å². The number of rotatable bonds is 6. The van der Waals surface area contributed by atoms with Gasteiger partial charge in [0.2, 0.25) is 5.91 Å². The van der Waals surface area contributed by atoms with Gasteiger partial charge in [0.15, 0.2) is 0 Å². The Labute approximate surface area is 131 Å². The summed E-state index contributed by atoms with van der Waals surface area (Å²) in [6, 6.07) is 0.901. The fraction of sp³-hybridized carbons (Fsp3) is 0.533. The quantitative estimate of drug-likeness (QED) is 0.553. The molecule has 1 aliphatic rings. The SMILES string of the molecule is CC[C@H](N[C@@H](c1ccc(F)cc1)C(F)(F)F)C(=O)NC1(N)CC1. The lowest BCUT2D eigenvalue weighted by Gasteiger charge is -2.27. The number of carbonyl (C=O) groups excluding carboxylic acids is 1. The van der Waals surface area contributed by atoms with E-state index >= 15 is 0 Å². The van der Waals surface area contributed by atoms with Gasteiger partial charge in [-0.2, -0.15) is 13.2 Å². The molecule has 1 aromatic rings. The molecular weight excluding hydrogens is 314 g/mol. The van der Waals surface area contributed by atoms with Crippen LogP contribution in [0.15, 0.2) is 24.3 Å². The van der Waals surface area contributed by atoms with Crippen molar-refractivity contribution in [1.29, 1.82) is 0 Å². The Morgan fingerprint density at radius 3 is 2.30 bits per heavy atom.